The van der Waals surface area contributed by atoms with E-state index in [0.717, 1.165) is 6.42 Å². The molecule has 2 rings (SSSR count). The SMILES string of the molecule is CCCCCCCN1C=CN(CCCCCCC)C1Cc1ccccc1. The summed E-state index contributed by atoms with van der Waals surface area (Å²) in [4.78, 5) is 5.18. The maximum absolute atomic E-state index is 2.59. The monoisotopic (exact) mass is 356 g/mol. The largest absolute Gasteiger partial charge is 0.356 e. The summed E-state index contributed by atoms with van der Waals surface area (Å²) in [5.74, 6) is 0. The van der Waals surface area contributed by atoms with Crippen LogP contribution in [0.2, 0.25) is 0 Å². The molecule has 1 aliphatic rings. The molecule has 0 amide bonds. The molecule has 0 fully saturated rings. The van der Waals surface area contributed by atoms with Crippen LogP contribution in [0.15, 0.2) is 42.7 Å². The molecule has 1 aromatic rings. The number of rotatable bonds is 14. The Morgan fingerprint density at radius 3 is 1.65 bits per heavy atom. The van der Waals surface area contributed by atoms with Gasteiger partial charge in [-0.2, -0.15) is 0 Å². The van der Waals surface area contributed by atoms with Gasteiger partial charge in [0.05, 0.1) is 0 Å². The van der Waals surface area contributed by atoms with E-state index in [1.165, 1.54) is 82.9 Å². The van der Waals surface area contributed by atoms with Gasteiger partial charge in [0.15, 0.2) is 0 Å². The highest BCUT2D eigenvalue weighted by Gasteiger charge is 2.25. The van der Waals surface area contributed by atoms with Gasteiger partial charge in [0.1, 0.15) is 6.17 Å². The van der Waals surface area contributed by atoms with Crippen molar-refractivity contribution < 1.29 is 0 Å². The van der Waals surface area contributed by atoms with Crippen molar-refractivity contribution in [3.8, 4) is 0 Å². The summed E-state index contributed by atoms with van der Waals surface area (Å²) in [6.07, 6.45) is 19.9. The van der Waals surface area contributed by atoms with Crippen molar-refractivity contribution in [2.75, 3.05) is 13.1 Å². The van der Waals surface area contributed by atoms with Gasteiger partial charge in [-0.3, -0.25) is 0 Å². The molecule has 0 aliphatic carbocycles. The minimum atomic E-state index is 0.509. The average molecular weight is 357 g/mol. The summed E-state index contributed by atoms with van der Waals surface area (Å²) in [6, 6.07) is 11.0. The molecule has 0 bridgehead atoms. The minimum absolute atomic E-state index is 0.509. The number of benzene rings is 1. The van der Waals surface area contributed by atoms with Crippen LogP contribution >= 0.6 is 0 Å². The van der Waals surface area contributed by atoms with E-state index in [1.54, 1.807) is 0 Å². The van der Waals surface area contributed by atoms with E-state index < -0.39 is 0 Å². The van der Waals surface area contributed by atoms with E-state index in [2.05, 4.69) is 66.4 Å². The van der Waals surface area contributed by atoms with Crippen LogP contribution < -0.4 is 0 Å². The highest BCUT2D eigenvalue weighted by Crippen LogP contribution is 2.22. The lowest BCUT2D eigenvalue weighted by Crippen LogP contribution is -2.41. The number of hydrogen-bond donors (Lipinski definition) is 0. The van der Waals surface area contributed by atoms with Crippen LogP contribution in [0.1, 0.15) is 83.6 Å². The van der Waals surface area contributed by atoms with Gasteiger partial charge in [-0.25, -0.2) is 0 Å². The highest BCUT2D eigenvalue weighted by atomic mass is 15.4. The molecule has 1 aromatic carbocycles. The van der Waals surface area contributed by atoms with E-state index in [9.17, 15) is 0 Å². The van der Waals surface area contributed by atoms with Crippen molar-refractivity contribution in [3.05, 3.63) is 48.3 Å². The lowest BCUT2D eigenvalue weighted by Gasteiger charge is -2.33. The fourth-order valence-corrected chi connectivity index (χ4v) is 3.86. The number of unbranched alkanes of at least 4 members (excludes halogenated alkanes) is 8. The summed E-state index contributed by atoms with van der Waals surface area (Å²) < 4.78 is 0. The predicted octanol–water partition coefficient (Wildman–Crippen LogP) is 6.58. The number of nitrogens with zero attached hydrogens (tertiary/aromatic N) is 2. The summed E-state index contributed by atoms with van der Waals surface area (Å²) in [6.45, 7) is 6.98. The molecular formula is C24H40N2. The van der Waals surface area contributed by atoms with Crippen molar-refractivity contribution in [1.82, 2.24) is 9.80 Å². The third kappa shape index (κ3) is 7.43. The molecule has 0 aromatic heterocycles. The Hall–Kier alpha value is -1.44. The molecule has 0 N–H and O–H groups in total. The van der Waals surface area contributed by atoms with Crippen molar-refractivity contribution in [3.63, 3.8) is 0 Å². The van der Waals surface area contributed by atoms with Gasteiger partial charge >= 0.3 is 0 Å². The molecule has 0 atom stereocenters. The summed E-state index contributed by atoms with van der Waals surface area (Å²) in [5.41, 5.74) is 1.45. The zero-order valence-electron chi connectivity index (χ0n) is 17.2. The average Bonchev–Trinajstić information content (AvgIpc) is 3.04. The quantitative estimate of drug-likeness (QED) is 0.347. The number of hydrogen-bond acceptors (Lipinski definition) is 2. The molecule has 1 heterocycles. The molecule has 2 nitrogen and oxygen atoms in total. The van der Waals surface area contributed by atoms with Gasteiger partial charge in [0.2, 0.25) is 0 Å². The lowest BCUT2D eigenvalue weighted by molar-refractivity contribution is 0.148. The van der Waals surface area contributed by atoms with E-state index in [-0.39, 0.29) is 0 Å². The Bertz CT molecular complexity index is 458. The standard InChI is InChI=1S/C24H40N2/c1-3-5-7-9-14-18-25-20-21-26(19-15-10-8-6-4-2)24(25)22-23-16-12-11-13-17-23/h11-13,16-17,20-21,24H,3-10,14-15,18-19,22H2,1-2H3. The molecule has 0 saturated heterocycles. The first-order valence-electron chi connectivity index (χ1n) is 11.1. The van der Waals surface area contributed by atoms with Crippen LogP contribution in [0.4, 0.5) is 0 Å². The molecule has 1 aliphatic heterocycles. The van der Waals surface area contributed by atoms with Gasteiger partial charge in [-0.1, -0.05) is 95.5 Å². The third-order valence-electron chi connectivity index (χ3n) is 5.52. The molecule has 146 valence electrons. The first kappa shape index (κ1) is 20.9. The fraction of sp³-hybridized carbons (Fsp3) is 0.667. The first-order chi connectivity index (χ1) is 12.8. The van der Waals surface area contributed by atoms with Crippen LogP contribution in [0.25, 0.3) is 0 Å². The topological polar surface area (TPSA) is 6.48 Å². The smallest absolute Gasteiger partial charge is 0.105 e. The van der Waals surface area contributed by atoms with E-state index >= 15 is 0 Å². The zero-order chi connectivity index (χ0) is 18.5. The maximum Gasteiger partial charge on any atom is 0.105 e. The van der Waals surface area contributed by atoms with Crippen molar-refractivity contribution in [2.24, 2.45) is 0 Å². The van der Waals surface area contributed by atoms with Crippen molar-refractivity contribution in [2.45, 2.75) is 90.6 Å². The van der Waals surface area contributed by atoms with Crippen LogP contribution in [0.5, 0.6) is 0 Å². The molecule has 0 radical (unpaired) electrons. The Labute approximate surface area is 162 Å². The Morgan fingerprint density at radius 2 is 1.15 bits per heavy atom. The third-order valence-corrected chi connectivity index (χ3v) is 5.52. The molecule has 26 heavy (non-hydrogen) atoms. The van der Waals surface area contributed by atoms with Gasteiger partial charge in [0.25, 0.3) is 0 Å². The van der Waals surface area contributed by atoms with E-state index in [0.29, 0.717) is 6.17 Å². The summed E-state index contributed by atoms with van der Waals surface area (Å²) in [5, 5.41) is 0. The molecule has 0 saturated carbocycles. The van der Waals surface area contributed by atoms with Gasteiger partial charge < -0.3 is 9.80 Å². The Kier molecular flexibility index (Phi) is 10.3. The second-order valence-corrected chi connectivity index (χ2v) is 7.77. The Balaban J connectivity index is 1.84. The van der Waals surface area contributed by atoms with Gasteiger partial charge in [-0.05, 0) is 18.4 Å². The molecular weight excluding hydrogens is 316 g/mol. The second-order valence-electron chi connectivity index (χ2n) is 7.77. The predicted molar refractivity (Wildman–Crippen MR) is 114 cm³/mol. The molecule has 2 heteroatoms. The zero-order valence-corrected chi connectivity index (χ0v) is 17.2. The second kappa shape index (κ2) is 12.8. The van der Waals surface area contributed by atoms with Gasteiger partial charge in [0, 0.05) is 31.9 Å². The van der Waals surface area contributed by atoms with Crippen molar-refractivity contribution >= 4 is 0 Å². The van der Waals surface area contributed by atoms with Crippen LogP contribution in [0.3, 0.4) is 0 Å². The first-order valence-corrected chi connectivity index (χ1v) is 11.1. The lowest BCUT2D eigenvalue weighted by atomic mass is 10.1. The minimum Gasteiger partial charge on any atom is -0.356 e. The van der Waals surface area contributed by atoms with Gasteiger partial charge in [-0.15, -0.1) is 0 Å². The van der Waals surface area contributed by atoms with Crippen LogP contribution in [-0.4, -0.2) is 29.1 Å². The highest BCUT2D eigenvalue weighted by molar-refractivity contribution is 5.17. The summed E-state index contributed by atoms with van der Waals surface area (Å²) in [7, 11) is 0. The van der Waals surface area contributed by atoms with Crippen LogP contribution in [0, 0.1) is 0 Å². The molecule has 0 unspecified atom stereocenters. The van der Waals surface area contributed by atoms with Crippen molar-refractivity contribution in [1.29, 1.82) is 0 Å². The molecule has 0 spiro atoms. The summed E-state index contributed by atoms with van der Waals surface area (Å²) >= 11 is 0. The van der Waals surface area contributed by atoms with E-state index in [4.69, 9.17) is 0 Å². The fourth-order valence-electron chi connectivity index (χ4n) is 3.86. The Morgan fingerprint density at radius 1 is 0.654 bits per heavy atom. The normalized spacial score (nSPS) is 14.5. The maximum atomic E-state index is 2.59. The van der Waals surface area contributed by atoms with Crippen LogP contribution in [-0.2, 0) is 6.42 Å². The van der Waals surface area contributed by atoms with E-state index in [1.807, 2.05) is 0 Å².